The van der Waals surface area contributed by atoms with Gasteiger partial charge in [-0.1, -0.05) is 0 Å². The number of nitrogens with two attached hydrogens (primary N) is 12. The SMILES string of the molecule is CC(=O)N[C@@H](CS)C(=O)N[C@@H](CCCN=C(N)N)C(=O)N[C@@H](CCCN=C(N)N)C(=O)N[C@@H](CCCN=C(N)N)C(=O)N[C@@H](CS)C(=O)N[C@@H](CCCN=C(N)N)C(=O)N[C@@H](CCCN=C(N)N)C(=O)N[C@@H](CCCN=C(N)N)C(=O)NCC(=O)O. The van der Waals surface area contributed by atoms with Crippen molar-refractivity contribution < 1.29 is 53.1 Å². The lowest BCUT2D eigenvalue weighted by Gasteiger charge is -2.28. The third kappa shape index (κ3) is 36.6. The van der Waals surface area contributed by atoms with Crippen LogP contribution in [0.5, 0.6) is 0 Å². The van der Waals surface area contributed by atoms with Crippen molar-refractivity contribution in [2.24, 2.45) is 98.8 Å². The van der Waals surface area contributed by atoms with E-state index in [1.807, 2.05) is 0 Å². The van der Waals surface area contributed by atoms with E-state index >= 15 is 0 Å². The van der Waals surface area contributed by atoms with Gasteiger partial charge in [0.15, 0.2) is 35.8 Å². The molecule has 0 unspecified atom stereocenters. The zero-order chi connectivity index (χ0) is 65.3. The molecule has 0 aromatic rings. The van der Waals surface area contributed by atoms with E-state index in [0.29, 0.717) is 0 Å². The summed E-state index contributed by atoms with van der Waals surface area (Å²) in [5.41, 5.74) is 65.8. The first-order chi connectivity index (χ1) is 40.5. The second-order valence-electron chi connectivity index (χ2n) is 18.9. The predicted octanol–water partition coefficient (Wildman–Crippen LogP) is -10.7. The van der Waals surface area contributed by atoms with E-state index in [1.54, 1.807) is 0 Å². The highest BCUT2D eigenvalue weighted by molar-refractivity contribution is 7.80. The Balaban J connectivity index is 7.22. The summed E-state index contributed by atoms with van der Waals surface area (Å²) in [5, 5.41) is 31.8. The Hall–Kier alpha value is -8.98. The van der Waals surface area contributed by atoms with Crippen molar-refractivity contribution in [2.45, 2.75) is 132 Å². The number of carbonyl (C=O) groups is 10. The first-order valence-corrected chi connectivity index (χ1v) is 28.2. The quantitative estimate of drug-likeness (QED) is 0.0117. The summed E-state index contributed by atoms with van der Waals surface area (Å²) in [6.07, 6.45) is -0.246. The van der Waals surface area contributed by atoms with Gasteiger partial charge in [0.05, 0.1) is 0 Å². The van der Waals surface area contributed by atoms with Crippen molar-refractivity contribution in [3.8, 4) is 0 Å². The van der Waals surface area contributed by atoms with Gasteiger partial charge in [0.2, 0.25) is 53.2 Å². The molecule has 0 aliphatic rings. The monoisotopic (exact) mass is 1260 g/mol. The summed E-state index contributed by atoms with van der Waals surface area (Å²) in [4.78, 5) is 158. The van der Waals surface area contributed by atoms with Crippen LogP contribution in [-0.2, 0) is 47.9 Å². The number of hydrogen-bond donors (Lipinski definition) is 24. The number of aliphatic carboxylic acids is 1. The Labute approximate surface area is 507 Å². The summed E-state index contributed by atoms with van der Waals surface area (Å²) < 4.78 is 0. The van der Waals surface area contributed by atoms with Crippen molar-refractivity contribution in [3.05, 3.63) is 0 Å². The Bertz CT molecular complexity index is 2410. The molecule has 0 bridgehead atoms. The number of hydrogen-bond acceptors (Lipinski definition) is 18. The maximum atomic E-state index is 14.4. The van der Waals surface area contributed by atoms with Crippen LogP contribution in [0.25, 0.3) is 0 Å². The minimum absolute atomic E-state index is 0.0130. The molecule has 9 amide bonds. The molecular formula is C46H89N27O11S2. The largest absolute Gasteiger partial charge is 0.480 e. The van der Waals surface area contributed by atoms with Gasteiger partial charge < -0.3 is 122 Å². The fourth-order valence-electron chi connectivity index (χ4n) is 7.46. The van der Waals surface area contributed by atoms with Crippen LogP contribution in [0.4, 0.5) is 0 Å². The Morgan fingerprint density at radius 2 is 0.512 bits per heavy atom. The number of nitrogens with zero attached hydrogens (tertiary/aromatic N) is 6. The second kappa shape index (κ2) is 43.6. The summed E-state index contributed by atoms with van der Waals surface area (Å²) in [6.45, 7) is 0.357. The van der Waals surface area contributed by atoms with Gasteiger partial charge in [-0.15, -0.1) is 0 Å². The summed E-state index contributed by atoms with van der Waals surface area (Å²) in [6, 6.07) is -11.3. The van der Waals surface area contributed by atoms with Crippen molar-refractivity contribution in [1.29, 1.82) is 0 Å². The van der Waals surface area contributed by atoms with Crippen LogP contribution in [0.1, 0.15) is 84.0 Å². The van der Waals surface area contributed by atoms with E-state index in [9.17, 15) is 53.1 Å². The lowest BCUT2D eigenvalue weighted by molar-refractivity contribution is -0.138. The molecule has 0 rings (SSSR count). The highest BCUT2D eigenvalue weighted by Gasteiger charge is 2.34. The molecule has 0 saturated carbocycles. The number of carbonyl (C=O) groups excluding carboxylic acids is 9. The van der Waals surface area contributed by atoms with Gasteiger partial charge in [-0.05, 0) is 77.0 Å². The molecule has 86 heavy (non-hydrogen) atoms. The number of guanidine groups is 6. The number of aliphatic imine (C=N–C) groups is 6. The molecule has 0 aromatic carbocycles. The Morgan fingerprint density at radius 3 is 0.698 bits per heavy atom. The van der Waals surface area contributed by atoms with Crippen LogP contribution in [0.15, 0.2) is 30.0 Å². The molecule has 0 radical (unpaired) electrons. The van der Waals surface area contributed by atoms with E-state index in [2.05, 4.69) is 103 Å². The highest BCUT2D eigenvalue weighted by atomic mass is 32.1. The molecule has 0 saturated heterocycles. The minimum Gasteiger partial charge on any atom is -0.480 e. The maximum Gasteiger partial charge on any atom is 0.322 e. The number of amides is 9. The lowest BCUT2D eigenvalue weighted by atomic mass is 10.0. The van der Waals surface area contributed by atoms with Gasteiger partial charge in [0.25, 0.3) is 0 Å². The number of thiol groups is 2. The smallest absolute Gasteiger partial charge is 0.322 e. The number of carboxylic acid groups (broad SMARTS) is 1. The van der Waals surface area contributed by atoms with Gasteiger partial charge in [-0.25, -0.2) is 0 Å². The van der Waals surface area contributed by atoms with Crippen molar-refractivity contribution in [2.75, 3.05) is 57.3 Å². The van der Waals surface area contributed by atoms with Crippen molar-refractivity contribution in [3.63, 3.8) is 0 Å². The summed E-state index contributed by atoms with van der Waals surface area (Å²) >= 11 is 8.43. The number of carboxylic acids is 1. The molecule has 38 nitrogen and oxygen atoms in total. The summed E-state index contributed by atoms with van der Waals surface area (Å²) in [7, 11) is 0. The molecule has 486 valence electrons. The second-order valence-corrected chi connectivity index (χ2v) is 19.6. The third-order valence-corrected chi connectivity index (χ3v) is 12.3. The molecule has 0 spiro atoms. The average molecular weight is 1260 g/mol. The van der Waals surface area contributed by atoms with E-state index in [1.165, 1.54) is 6.92 Å². The van der Waals surface area contributed by atoms with E-state index in [4.69, 9.17) is 68.8 Å². The Kier molecular flexibility index (Phi) is 39.1. The fourth-order valence-corrected chi connectivity index (χ4v) is 7.97. The topological polar surface area (TPSA) is 686 Å². The van der Waals surface area contributed by atoms with Crippen LogP contribution in [-0.4, -0.2) is 206 Å². The maximum absolute atomic E-state index is 14.4. The van der Waals surface area contributed by atoms with Gasteiger partial charge >= 0.3 is 5.97 Å². The van der Waals surface area contributed by atoms with Crippen molar-refractivity contribution in [1.82, 2.24) is 47.9 Å². The molecule has 0 fully saturated rings. The first-order valence-electron chi connectivity index (χ1n) is 26.9. The van der Waals surface area contributed by atoms with Gasteiger partial charge in [-0.2, -0.15) is 25.3 Å². The average Bonchev–Trinajstić information content (AvgIpc) is 3.03. The molecule has 34 N–H and O–H groups in total. The minimum atomic E-state index is -1.55. The molecule has 0 aromatic heterocycles. The van der Waals surface area contributed by atoms with E-state index < -0.39 is 120 Å². The number of nitrogens with one attached hydrogen (secondary N) is 9. The standard InChI is InChI=1S/C46H89N27O11S2/c1-23(74)66-30(21-85)39(83)71-27(11-5-17-62-44(53)54)36(80)69-26(10-4-16-61-43(51)52)35(79)70-29(13-7-19-64-46(57)58)38(82)73-31(22-86)40(84)72-28(12-6-18-63-45(55)56)37(81)68-25(9-3-15-60-42(49)50)34(78)67-24(8-2-14-59-41(47)48)33(77)65-20-32(75)76/h24-31,85-86H,2-22H2,1H3,(H,65,77)(H,66,74)(H,67,78)(H,68,81)(H,69,80)(H,70,79)(H,71,83)(H,72,84)(H,73,82)(H,75,76)(H4,47,48,59)(H4,49,50,60)(H4,51,52,61)(H4,53,54,62)(H4,55,56,63)(H4,57,58,64)/t24-,25-,26-,27-,28-,29-,30-,31-/m0/s1. The normalized spacial score (nSPS) is 13.3. The van der Waals surface area contributed by atoms with Gasteiger partial charge in [0, 0.05) is 57.7 Å². The van der Waals surface area contributed by atoms with Crippen LogP contribution in [0, 0.1) is 0 Å². The molecule has 0 heterocycles. The third-order valence-electron chi connectivity index (χ3n) is 11.6. The number of rotatable bonds is 44. The molecule has 40 heteroatoms. The van der Waals surface area contributed by atoms with Gasteiger partial charge in [-0.3, -0.25) is 77.9 Å². The van der Waals surface area contributed by atoms with Crippen molar-refractivity contribution >= 4 is 120 Å². The predicted molar refractivity (Wildman–Crippen MR) is 329 cm³/mol. The zero-order valence-corrected chi connectivity index (χ0v) is 49.8. The molecular weight excluding hydrogens is 1170 g/mol. The first kappa shape index (κ1) is 77.0. The zero-order valence-electron chi connectivity index (χ0n) is 48.0. The van der Waals surface area contributed by atoms with E-state index in [-0.39, 0.29) is 158 Å². The molecule has 0 aliphatic carbocycles. The van der Waals surface area contributed by atoms with Crippen LogP contribution in [0.3, 0.4) is 0 Å². The molecule has 0 aliphatic heterocycles. The Morgan fingerprint density at radius 1 is 0.326 bits per heavy atom. The van der Waals surface area contributed by atoms with Crippen LogP contribution < -0.4 is 117 Å². The molecule has 8 atom stereocenters. The van der Waals surface area contributed by atoms with Gasteiger partial charge in [0.1, 0.15) is 54.9 Å². The summed E-state index contributed by atoms with van der Waals surface area (Å²) in [5.74, 6) is -11.3. The fraction of sp³-hybridized carbons (Fsp3) is 0.652. The lowest BCUT2D eigenvalue weighted by Crippen LogP contribution is -2.60. The van der Waals surface area contributed by atoms with E-state index in [0.717, 1.165) is 0 Å². The highest BCUT2D eigenvalue weighted by Crippen LogP contribution is 2.10. The van der Waals surface area contributed by atoms with Crippen LogP contribution in [0.2, 0.25) is 0 Å². The van der Waals surface area contributed by atoms with Crippen LogP contribution >= 0.6 is 25.3 Å².